The van der Waals surface area contributed by atoms with Gasteiger partial charge in [-0.2, -0.15) is 18.3 Å². The molecule has 1 heterocycles. The molecule has 33 heavy (non-hydrogen) atoms. The fourth-order valence-corrected chi connectivity index (χ4v) is 5.18. The second-order valence-electron chi connectivity index (χ2n) is 9.04. The standard InChI is InChI=1S/C25H30F3N3O2/c1-3-4-12-30(15-22(32)25(26,27)28)24(33)19-11-10-17-13-21-20(16(2)23(17)19)14-29-31(21)18-8-6-5-7-9-18/h5-9,14,16,19,22,32H,3-4,10-13,15H2,1-2H3/t16-,19+,22?/m0/s1. The molecule has 8 heteroatoms. The van der Waals surface area contributed by atoms with Gasteiger partial charge in [0.1, 0.15) is 0 Å². The number of hydrogen-bond acceptors (Lipinski definition) is 3. The van der Waals surface area contributed by atoms with Crippen LogP contribution >= 0.6 is 0 Å². The number of amides is 1. The van der Waals surface area contributed by atoms with Gasteiger partial charge in [-0.3, -0.25) is 4.79 Å². The van der Waals surface area contributed by atoms with Crippen LogP contribution in [0.4, 0.5) is 13.2 Å². The third kappa shape index (κ3) is 4.58. The van der Waals surface area contributed by atoms with Crippen molar-refractivity contribution < 1.29 is 23.1 Å². The minimum Gasteiger partial charge on any atom is -0.382 e. The van der Waals surface area contributed by atoms with Crippen LogP contribution in [-0.2, 0) is 11.2 Å². The van der Waals surface area contributed by atoms with Gasteiger partial charge in [0.25, 0.3) is 0 Å². The molecule has 0 aliphatic heterocycles. The summed E-state index contributed by atoms with van der Waals surface area (Å²) >= 11 is 0. The molecule has 2 aromatic rings. The van der Waals surface area contributed by atoms with Crippen LogP contribution in [0, 0.1) is 5.92 Å². The molecule has 0 bridgehead atoms. The summed E-state index contributed by atoms with van der Waals surface area (Å²) in [5.74, 6) is -0.777. The van der Waals surface area contributed by atoms with Crippen molar-refractivity contribution >= 4 is 5.91 Å². The van der Waals surface area contributed by atoms with Gasteiger partial charge >= 0.3 is 6.18 Å². The quantitative estimate of drug-likeness (QED) is 0.603. The first-order valence-corrected chi connectivity index (χ1v) is 11.6. The first-order chi connectivity index (χ1) is 15.7. The number of halogens is 3. The van der Waals surface area contributed by atoms with Gasteiger partial charge in [0, 0.05) is 24.4 Å². The second kappa shape index (κ2) is 9.33. The SMILES string of the molecule is CCCCN(CC(O)C(F)(F)F)C(=O)[C@@H]1CCC2=C1[C@@H](C)c1cnn(-c3ccccc3)c1C2. The summed E-state index contributed by atoms with van der Waals surface area (Å²) in [6.45, 7) is 3.48. The van der Waals surface area contributed by atoms with Gasteiger partial charge in [-0.05, 0) is 31.4 Å². The second-order valence-corrected chi connectivity index (χ2v) is 9.04. The summed E-state index contributed by atoms with van der Waals surface area (Å²) < 4.78 is 41.0. The molecule has 1 unspecified atom stereocenters. The Hall–Kier alpha value is -2.61. The number of nitrogens with zero attached hydrogens (tertiary/aromatic N) is 3. The predicted octanol–water partition coefficient (Wildman–Crippen LogP) is 4.79. The van der Waals surface area contributed by atoms with E-state index in [1.807, 2.05) is 48.1 Å². The van der Waals surface area contributed by atoms with E-state index in [-0.39, 0.29) is 18.4 Å². The molecule has 2 aliphatic carbocycles. The zero-order chi connectivity index (χ0) is 23.8. The summed E-state index contributed by atoms with van der Waals surface area (Å²) in [4.78, 5) is 14.7. The molecule has 1 aromatic carbocycles. The van der Waals surface area contributed by atoms with E-state index in [2.05, 4.69) is 12.0 Å². The Labute approximate surface area is 191 Å². The maximum absolute atomic E-state index is 13.4. The number of rotatable bonds is 7. The van der Waals surface area contributed by atoms with Crippen LogP contribution in [0.3, 0.4) is 0 Å². The number of para-hydroxylation sites is 1. The number of allylic oxidation sites excluding steroid dienone is 1. The highest BCUT2D eigenvalue weighted by Gasteiger charge is 2.43. The van der Waals surface area contributed by atoms with Crippen molar-refractivity contribution in [3.63, 3.8) is 0 Å². The van der Waals surface area contributed by atoms with Crippen molar-refractivity contribution in [2.75, 3.05) is 13.1 Å². The summed E-state index contributed by atoms with van der Waals surface area (Å²) in [5.41, 5.74) is 5.37. The molecule has 1 N–H and O–H groups in total. The zero-order valence-electron chi connectivity index (χ0n) is 19.0. The molecule has 2 aliphatic rings. The highest BCUT2D eigenvalue weighted by Crippen LogP contribution is 2.47. The van der Waals surface area contributed by atoms with Crippen LogP contribution in [0.5, 0.6) is 0 Å². The molecule has 178 valence electrons. The highest BCUT2D eigenvalue weighted by atomic mass is 19.4. The first kappa shape index (κ1) is 23.5. The molecule has 0 saturated carbocycles. The largest absolute Gasteiger partial charge is 0.416 e. The molecule has 0 spiro atoms. The minimum atomic E-state index is -4.75. The monoisotopic (exact) mass is 461 g/mol. The normalized spacial score (nSPS) is 21.0. The predicted molar refractivity (Wildman–Crippen MR) is 119 cm³/mol. The summed E-state index contributed by atoms with van der Waals surface area (Å²) in [5, 5.41) is 14.2. The van der Waals surface area contributed by atoms with Crippen molar-refractivity contribution in [1.82, 2.24) is 14.7 Å². The number of unbranched alkanes of at least 4 members (excludes halogenated alkanes) is 1. The number of alkyl halides is 3. The lowest BCUT2D eigenvalue weighted by Crippen LogP contribution is -2.46. The number of hydrogen-bond donors (Lipinski definition) is 1. The number of fused-ring (bicyclic) bond motifs is 1. The van der Waals surface area contributed by atoms with E-state index in [9.17, 15) is 23.1 Å². The molecular formula is C25H30F3N3O2. The lowest BCUT2D eigenvalue weighted by atomic mass is 9.79. The number of aliphatic hydroxyl groups excluding tert-OH is 1. The number of carbonyl (C=O) groups excluding carboxylic acids is 1. The van der Waals surface area contributed by atoms with E-state index in [1.54, 1.807) is 0 Å². The van der Waals surface area contributed by atoms with Gasteiger partial charge in [0.15, 0.2) is 6.10 Å². The topological polar surface area (TPSA) is 58.4 Å². The van der Waals surface area contributed by atoms with Crippen LogP contribution in [0.25, 0.3) is 5.69 Å². The summed E-state index contributed by atoms with van der Waals surface area (Å²) in [7, 11) is 0. The van der Waals surface area contributed by atoms with Gasteiger partial charge in [-0.1, -0.05) is 49.6 Å². The summed E-state index contributed by atoms with van der Waals surface area (Å²) in [6, 6.07) is 9.88. The lowest BCUT2D eigenvalue weighted by Gasteiger charge is -2.32. The van der Waals surface area contributed by atoms with Gasteiger partial charge in [0.05, 0.1) is 30.0 Å². The van der Waals surface area contributed by atoms with Crippen LogP contribution in [-0.4, -0.2) is 51.1 Å². The van der Waals surface area contributed by atoms with Gasteiger partial charge < -0.3 is 10.0 Å². The summed E-state index contributed by atoms with van der Waals surface area (Å²) in [6.07, 6.45) is -2.05. The third-order valence-corrected chi connectivity index (χ3v) is 6.90. The molecule has 5 nitrogen and oxygen atoms in total. The zero-order valence-corrected chi connectivity index (χ0v) is 19.0. The van der Waals surface area contributed by atoms with E-state index in [1.165, 1.54) is 10.5 Å². The van der Waals surface area contributed by atoms with Crippen molar-refractivity contribution in [1.29, 1.82) is 0 Å². The van der Waals surface area contributed by atoms with Gasteiger partial charge in [0.2, 0.25) is 5.91 Å². The average molecular weight is 462 g/mol. The van der Waals surface area contributed by atoms with Crippen LogP contribution in [0.2, 0.25) is 0 Å². The van der Waals surface area contributed by atoms with E-state index in [0.29, 0.717) is 19.3 Å². The molecule has 0 fully saturated rings. The Morgan fingerprint density at radius 1 is 1.30 bits per heavy atom. The molecule has 3 atom stereocenters. The molecule has 1 amide bonds. The van der Waals surface area contributed by atoms with Crippen LogP contribution < -0.4 is 0 Å². The Balaban J connectivity index is 1.59. The van der Waals surface area contributed by atoms with Gasteiger partial charge in [-0.25, -0.2) is 4.68 Å². The van der Waals surface area contributed by atoms with E-state index in [4.69, 9.17) is 0 Å². The van der Waals surface area contributed by atoms with Gasteiger partial charge in [-0.15, -0.1) is 0 Å². The molecular weight excluding hydrogens is 431 g/mol. The molecule has 0 radical (unpaired) electrons. The molecule has 4 rings (SSSR count). The van der Waals surface area contributed by atoms with E-state index < -0.39 is 24.7 Å². The van der Waals surface area contributed by atoms with Crippen molar-refractivity contribution in [2.45, 2.75) is 64.1 Å². The van der Waals surface area contributed by atoms with Crippen molar-refractivity contribution in [3.05, 3.63) is 58.9 Å². The Morgan fingerprint density at radius 2 is 2.03 bits per heavy atom. The highest BCUT2D eigenvalue weighted by molar-refractivity contribution is 5.83. The van der Waals surface area contributed by atoms with Crippen LogP contribution in [0.1, 0.15) is 56.7 Å². The minimum absolute atomic E-state index is 0.0294. The first-order valence-electron chi connectivity index (χ1n) is 11.6. The smallest absolute Gasteiger partial charge is 0.382 e. The lowest BCUT2D eigenvalue weighted by molar-refractivity contribution is -0.208. The number of aromatic nitrogens is 2. The molecule has 0 saturated heterocycles. The maximum atomic E-state index is 13.4. The fraction of sp³-hybridized carbons (Fsp3) is 0.520. The van der Waals surface area contributed by atoms with E-state index in [0.717, 1.165) is 35.4 Å². The Morgan fingerprint density at radius 3 is 2.70 bits per heavy atom. The van der Waals surface area contributed by atoms with E-state index >= 15 is 0 Å². The average Bonchev–Trinajstić information content (AvgIpc) is 3.41. The van der Waals surface area contributed by atoms with Crippen molar-refractivity contribution in [3.8, 4) is 5.69 Å². The third-order valence-electron chi connectivity index (χ3n) is 6.90. The van der Waals surface area contributed by atoms with Crippen LogP contribution in [0.15, 0.2) is 47.7 Å². The maximum Gasteiger partial charge on any atom is 0.416 e. The van der Waals surface area contributed by atoms with Crippen molar-refractivity contribution in [2.24, 2.45) is 5.92 Å². The Bertz CT molecular complexity index is 1030. The fourth-order valence-electron chi connectivity index (χ4n) is 5.18. The number of carbonyl (C=O) groups is 1. The number of benzene rings is 1. The Kier molecular flexibility index (Phi) is 6.66. The molecule has 1 aromatic heterocycles. The number of aliphatic hydroxyl groups is 1.